The molecule has 0 unspecified atom stereocenters. The Hall–Kier alpha value is -3.76. The number of amides is 1. The zero-order chi connectivity index (χ0) is 23.8. The Labute approximate surface area is 187 Å². The second-order valence-electron chi connectivity index (χ2n) is 7.66. The van der Waals surface area contributed by atoms with Crippen LogP contribution in [0.15, 0.2) is 42.7 Å². The molecule has 172 valence electrons. The molecule has 1 fully saturated rings. The molecule has 0 spiro atoms. The molecule has 11 heteroatoms. The van der Waals surface area contributed by atoms with E-state index in [1.165, 1.54) is 21.7 Å². The molecule has 1 aliphatic heterocycles. The average molecular weight is 458 g/mol. The van der Waals surface area contributed by atoms with Gasteiger partial charge >= 0.3 is 6.18 Å². The smallest absolute Gasteiger partial charge is 0.337 e. The second-order valence-corrected chi connectivity index (χ2v) is 7.66. The van der Waals surface area contributed by atoms with Gasteiger partial charge in [-0.15, -0.1) is 0 Å². The lowest BCUT2D eigenvalue weighted by Gasteiger charge is -2.34. The molecule has 0 aliphatic carbocycles. The van der Waals surface area contributed by atoms with Crippen LogP contribution in [0.3, 0.4) is 0 Å². The van der Waals surface area contributed by atoms with E-state index in [4.69, 9.17) is 0 Å². The highest BCUT2D eigenvalue weighted by molar-refractivity contribution is 6.43. The highest BCUT2D eigenvalue weighted by atomic mass is 19.4. The number of piperazine rings is 1. The van der Waals surface area contributed by atoms with Gasteiger partial charge in [0, 0.05) is 38.6 Å². The van der Waals surface area contributed by atoms with E-state index in [-0.39, 0.29) is 16.9 Å². The first-order chi connectivity index (χ1) is 15.7. The molecule has 1 aliphatic rings. The molecule has 0 radical (unpaired) electrons. The topological polar surface area (TPSA) is 84.2 Å². The lowest BCUT2D eigenvalue weighted by Crippen LogP contribution is -2.51. The summed E-state index contributed by atoms with van der Waals surface area (Å²) >= 11 is 0. The zero-order valence-corrected chi connectivity index (χ0v) is 18.0. The number of Topliss-reactive ketones (excluding diaryl/α,β-unsaturated/α-hetero) is 1. The van der Waals surface area contributed by atoms with Gasteiger partial charge in [0.2, 0.25) is 5.95 Å². The molecule has 0 bridgehead atoms. The minimum Gasteiger partial charge on any atom is -0.337 e. The van der Waals surface area contributed by atoms with Gasteiger partial charge in [-0.1, -0.05) is 6.07 Å². The van der Waals surface area contributed by atoms with Crippen molar-refractivity contribution in [2.24, 2.45) is 0 Å². The fourth-order valence-corrected chi connectivity index (χ4v) is 3.85. The molecule has 0 saturated carbocycles. The zero-order valence-electron chi connectivity index (χ0n) is 18.0. The van der Waals surface area contributed by atoms with Crippen LogP contribution in [0.2, 0.25) is 0 Å². The van der Waals surface area contributed by atoms with Crippen LogP contribution >= 0.6 is 0 Å². The van der Waals surface area contributed by atoms with Crippen molar-refractivity contribution in [3.63, 3.8) is 0 Å². The Morgan fingerprint density at radius 1 is 0.970 bits per heavy atom. The molecule has 33 heavy (non-hydrogen) atoms. The number of halogens is 3. The second kappa shape index (κ2) is 8.64. The van der Waals surface area contributed by atoms with Crippen LogP contribution in [0, 0.1) is 13.8 Å². The Kier molecular flexibility index (Phi) is 5.88. The number of anilines is 1. The summed E-state index contributed by atoms with van der Waals surface area (Å²) < 4.78 is 40.6. The van der Waals surface area contributed by atoms with E-state index in [9.17, 15) is 22.8 Å². The summed E-state index contributed by atoms with van der Waals surface area (Å²) in [6, 6.07) is 6.38. The third-order valence-corrected chi connectivity index (χ3v) is 5.53. The Morgan fingerprint density at radius 2 is 1.64 bits per heavy atom. The van der Waals surface area contributed by atoms with Crippen molar-refractivity contribution in [3.8, 4) is 5.69 Å². The minimum atomic E-state index is -4.51. The van der Waals surface area contributed by atoms with Gasteiger partial charge in [0.05, 0.1) is 28.2 Å². The summed E-state index contributed by atoms with van der Waals surface area (Å²) in [7, 11) is 0. The number of ketones is 1. The van der Waals surface area contributed by atoms with Crippen LogP contribution in [0.5, 0.6) is 0 Å². The van der Waals surface area contributed by atoms with E-state index in [1.54, 1.807) is 32.3 Å². The molecule has 2 aromatic heterocycles. The van der Waals surface area contributed by atoms with Gasteiger partial charge in [-0.25, -0.2) is 14.6 Å². The van der Waals surface area contributed by atoms with Gasteiger partial charge in [-0.2, -0.15) is 18.3 Å². The Balaban J connectivity index is 1.53. The number of aromatic nitrogens is 4. The molecule has 0 N–H and O–H groups in total. The number of carbonyl (C=O) groups is 2. The highest BCUT2D eigenvalue weighted by Gasteiger charge is 2.33. The number of nitrogens with zero attached hydrogens (tertiary/aromatic N) is 6. The number of carbonyl (C=O) groups excluding carboxylic acids is 2. The molecule has 1 saturated heterocycles. The Morgan fingerprint density at radius 3 is 2.27 bits per heavy atom. The molecule has 3 aromatic rings. The Bertz CT molecular complexity index is 1180. The van der Waals surface area contributed by atoms with E-state index in [0.717, 1.165) is 12.1 Å². The van der Waals surface area contributed by atoms with Crippen molar-refractivity contribution in [2.75, 3.05) is 31.1 Å². The summed E-state index contributed by atoms with van der Waals surface area (Å²) in [5, 5.41) is 4.24. The minimum absolute atomic E-state index is 0.103. The first-order valence-electron chi connectivity index (χ1n) is 10.3. The normalized spacial score (nSPS) is 14.5. The largest absolute Gasteiger partial charge is 0.416 e. The number of hydrogen-bond acceptors (Lipinski definition) is 6. The van der Waals surface area contributed by atoms with Crippen molar-refractivity contribution in [1.82, 2.24) is 24.6 Å². The lowest BCUT2D eigenvalue weighted by atomic mass is 10.1. The first kappa shape index (κ1) is 22.4. The molecule has 3 heterocycles. The molecular formula is C22H21F3N6O2. The van der Waals surface area contributed by atoms with Crippen molar-refractivity contribution < 1.29 is 22.8 Å². The van der Waals surface area contributed by atoms with E-state index in [0.29, 0.717) is 37.8 Å². The van der Waals surface area contributed by atoms with Crippen LogP contribution in [0.4, 0.5) is 19.1 Å². The van der Waals surface area contributed by atoms with Crippen molar-refractivity contribution in [2.45, 2.75) is 20.0 Å². The van der Waals surface area contributed by atoms with Gasteiger partial charge < -0.3 is 9.80 Å². The van der Waals surface area contributed by atoms with E-state index in [1.807, 2.05) is 4.90 Å². The van der Waals surface area contributed by atoms with Gasteiger partial charge in [0.1, 0.15) is 0 Å². The molecule has 1 aromatic carbocycles. The molecule has 8 nitrogen and oxygen atoms in total. The lowest BCUT2D eigenvalue weighted by molar-refractivity contribution is -0.137. The molecule has 4 rings (SSSR count). The number of hydrogen-bond donors (Lipinski definition) is 0. The fraction of sp³-hybridized carbons (Fsp3) is 0.318. The van der Waals surface area contributed by atoms with E-state index >= 15 is 0 Å². The maximum atomic E-state index is 13.1. The van der Waals surface area contributed by atoms with Gasteiger partial charge in [-0.3, -0.25) is 9.59 Å². The average Bonchev–Trinajstić information content (AvgIpc) is 3.12. The highest BCUT2D eigenvalue weighted by Crippen LogP contribution is 2.31. The van der Waals surface area contributed by atoms with Crippen LogP contribution in [0.1, 0.15) is 27.3 Å². The molecule has 1 amide bonds. The van der Waals surface area contributed by atoms with Gasteiger partial charge in [-0.05, 0) is 38.1 Å². The predicted molar refractivity (Wildman–Crippen MR) is 113 cm³/mol. The predicted octanol–water partition coefficient (Wildman–Crippen LogP) is 2.83. The van der Waals surface area contributed by atoms with Crippen LogP contribution in [-0.4, -0.2) is 62.5 Å². The van der Waals surface area contributed by atoms with Crippen molar-refractivity contribution in [3.05, 3.63) is 65.2 Å². The van der Waals surface area contributed by atoms with Gasteiger partial charge in [0.15, 0.2) is 0 Å². The van der Waals surface area contributed by atoms with E-state index < -0.39 is 23.4 Å². The summed E-state index contributed by atoms with van der Waals surface area (Å²) in [6.07, 6.45) is -1.23. The number of aryl methyl sites for hydroxylation is 1. The van der Waals surface area contributed by atoms with E-state index in [2.05, 4.69) is 15.1 Å². The summed E-state index contributed by atoms with van der Waals surface area (Å²) in [5.41, 5.74) is 0.0254. The maximum absolute atomic E-state index is 13.1. The maximum Gasteiger partial charge on any atom is 0.416 e. The van der Waals surface area contributed by atoms with Crippen molar-refractivity contribution >= 4 is 17.6 Å². The van der Waals surface area contributed by atoms with Gasteiger partial charge in [0.25, 0.3) is 11.7 Å². The fourth-order valence-electron chi connectivity index (χ4n) is 3.85. The third kappa shape index (κ3) is 4.43. The summed E-state index contributed by atoms with van der Waals surface area (Å²) in [4.78, 5) is 37.7. The van der Waals surface area contributed by atoms with Crippen LogP contribution in [-0.2, 0) is 11.0 Å². The first-order valence-corrected chi connectivity index (χ1v) is 10.3. The SMILES string of the molecule is Cc1nn(-c2cccc(C(F)(F)F)c2)c(C)c1C(=O)C(=O)N1CCN(c2ncccn2)CC1. The summed E-state index contributed by atoms with van der Waals surface area (Å²) in [5.74, 6) is -0.837. The molecule has 0 atom stereocenters. The van der Waals surface area contributed by atoms with Crippen LogP contribution in [0.25, 0.3) is 5.69 Å². The quantitative estimate of drug-likeness (QED) is 0.442. The number of rotatable bonds is 4. The monoisotopic (exact) mass is 458 g/mol. The van der Waals surface area contributed by atoms with Crippen molar-refractivity contribution in [1.29, 1.82) is 0 Å². The standard InChI is InChI=1S/C22H21F3N6O2/c1-14-18(15(2)31(28-14)17-6-3-5-16(13-17)22(23,24)25)19(32)20(33)29-9-11-30(12-10-29)21-26-7-4-8-27-21/h3-8,13H,9-12H2,1-2H3. The third-order valence-electron chi connectivity index (χ3n) is 5.53. The van der Waals surface area contributed by atoms with Crippen LogP contribution < -0.4 is 4.90 Å². The molecular weight excluding hydrogens is 437 g/mol. The number of benzene rings is 1. The summed E-state index contributed by atoms with van der Waals surface area (Å²) in [6.45, 7) is 4.72. The number of alkyl halides is 3.